The summed E-state index contributed by atoms with van der Waals surface area (Å²) in [5.74, 6) is 0.478. The Balaban J connectivity index is 1.50. The number of carbonyl (C=O) groups is 1. The fraction of sp³-hybridized carbons (Fsp3) is 0.0800. The van der Waals surface area contributed by atoms with Crippen molar-refractivity contribution in [3.05, 3.63) is 114 Å². The van der Waals surface area contributed by atoms with Gasteiger partial charge in [0.15, 0.2) is 0 Å². The molecule has 0 atom stereocenters. The molecule has 0 unspecified atom stereocenters. The highest BCUT2D eigenvalue weighted by Gasteiger charge is 2.13. The van der Waals surface area contributed by atoms with Crippen LogP contribution in [0.1, 0.15) is 27.0 Å². The summed E-state index contributed by atoms with van der Waals surface area (Å²) in [5, 5.41) is 3.02. The zero-order chi connectivity index (χ0) is 20.8. The maximum Gasteiger partial charge on any atom is 0.321 e. The summed E-state index contributed by atoms with van der Waals surface area (Å²) in [6.45, 7) is 1.92. The molecule has 0 aliphatic heterocycles. The van der Waals surface area contributed by atoms with Crippen LogP contribution in [-0.4, -0.2) is 15.9 Å². The molecule has 3 aromatic carbocycles. The van der Waals surface area contributed by atoms with E-state index in [0.717, 1.165) is 16.8 Å². The Labute approximate surface area is 175 Å². The molecular formula is C25H21N3O2. The summed E-state index contributed by atoms with van der Waals surface area (Å²) < 4.78 is 5.65. The van der Waals surface area contributed by atoms with Gasteiger partial charge >= 0.3 is 6.01 Å². The number of hydrogen-bond donors (Lipinski definition) is 1. The van der Waals surface area contributed by atoms with Gasteiger partial charge in [0, 0.05) is 23.6 Å². The van der Waals surface area contributed by atoms with E-state index in [1.54, 1.807) is 24.5 Å². The summed E-state index contributed by atoms with van der Waals surface area (Å²) in [6.07, 6.45) is 3.95. The monoisotopic (exact) mass is 395 g/mol. The lowest BCUT2D eigenvalue weighted by Gasteiger charge is -2.13. The largest absolute Gasteiger partial charge is 0.424 e. The molecule has 0 radical (unpaired) electrons. The van der Waals surface area contributed by atoms with Crippen molar-refractivity contribution in [3.8, 4) is 11.8 Å². The molecule has 0 saturated carbocycles. The van der Waals surface area contributed by atoms with Gasteiger partial charge in [-0.25, -0.2) is 9.97 Å². The quantitative estimate of drug-likeness (QED) is 0.473. The molecule has 30 heavy (non-hydrogen) atoms. The number of benzene rings is 3. The molecule has 1 N–H and O–H groups in total. The summed E-state index contributed by atoms with van der Waals surface area (Å²) in [7, 11) is 0. The van der Waals surface area contributed by atoms with E-state index in [1.807, 2.05) is 61.5 Å². The minimum Gasteiger partial charge on any atom is -0.424 e. The Morgan fingerprint density at radius 2 is 1.63 bits per heavy atom. The number of nitrogens with zero attached hydrogens (tertiary/aromatic N) is 2. The van der Waals surface area contributed by atoms with Gasteiger partial charge in [0.1, 0.15) is 5.75 Å². The Morgan fingerprint density at radius 1 is 0.900 bits per heavy atom. The van der Waals surface area contributed by atoms with Crippen LogP contribution in [0.3, 0.4) is 0 Å². The number of anilines is 1. The first-order valence-electron chi connectivity index (χ1n) is 9.68. The first-order valence-corrected chi connectivity index (χ1v) is 9.68. The number of ether oxygens (including phenoxy) is 1. The second-order valence-corrected chi connectivity index (χ2v) is 6.88. The van der Waals surface area contributed by atoms with Gasteiger partial charge in [-0.2, -0.15) is 0 Å². The second kappa shape index (κ2) is 9.01. The fourth-order valence-corrected chi connectivity index (χ4v) is 3.18. The number of rotatable bonds is 6. The molecule has 0 saturated heterocycles. The molecule has 0 fully saturated rings. The van der Waals surface area contributed by atoms with E-state index in [0.29, 0.717) is 17.7 Å². The summed E-state index contributed by atoms with van der Waals surface area (Å²) in [4.78, 5) is 21.1. The van der Waals surface area contributed by atoms with Crippen LogP contribution in [0, 0.1) is 6.92 Å². The molecule has 1 heterocycles. The SMILES string of the molecule is Cc1cc(Oc2ncccn2)ccc1NC(=O)c1ccccc1Cc1ccccc1. The normalized spacial score (nSPS) is 10.4. The van der Waals surface area contributed by atoms with Gasteiger partial charge in [0.05, 0.1) is 0 Å². The molecule has 0 aliphatic carbocycles. The van der Waals surface area contributed by atoms with E-state index >= 15 is 0 Å². The summed E-state index contributed by atoms with van der Waals surface area (Å²) >= 11 is 0. The predicted octanol–water partition coefficient (Wildman–Crippen LogP) is 5.42. The van der Waals surface area contributed by atoms with Crippen molar-refractivity contribution in [2.75, 3.05) is 5.32 Å². The third kappa shape index (κ3) is 4.70. The molecule has 0 spiro atoms. The van der Waals surface area contributed by atoms with E-state index < -0.39 is 0 Å². The topological polar surface area (TPSA) is 64.1 Å². The van der Waals surface area contributed by atoms with Crippen molar-refractivity contribution < 1.29 is 9.53 Å². The van der Waals surface area contributed by atoms with Gasteiger partial charge in [-0.1, -0.05) is 48.5 Å². The number of aryl methyl sites for hydroxylation is 1. The van der Waals surface area contributed by atoms with Gasteiger partial charge < -0.3 is 10.1 Å². The zero-order valence-corrected chi connectivity index (χ0v) is 16.6. The van der Waals surface area contributed by atoms with Crippen LogP contribution in [0.25, 0.3) is 0 Å². The van der Waals surface area contributed by atoms with Crippen LogP contribution in [0.5, 0.6) is 11.8 Å². The molecule has 0 bridgehead atoms. The number of hydrogen-bond acceptors (Lipinski definition) is 4. The maximum absolute atomic E-state index is 13.0. The molecule has 4 rings (SSSR count). The Morgan fingerprint density at radius 3 is 2.40 bits per heavy atom. The molecule has 1 amide bonds. The number of nitrogens with one attached hydrogen (secondary N) is 1. The third-order valence-electron chi connectivity index (χ3n) is 4.70. The van der Waals surface area contributed by atoms with Gasteiger partial charge in [0.25, 0.3) is 5.91 Å². The molecule has 148 valence electrons. The lowest BCUT2D eigenvalue weighted by Crippen LogP contribution is -2.15. The lowest BCUT2D eigenvalue weighted by atomic mass is 9.99. The number of carbonyl (C=O) groups excluding carboxylic acids is 1. The molecule has 5 heteroatoms. The highest BCUT2D eigenvalue weighted by atomic mass is 16.5. The molecule has 1 aromatic heterocycles. The number of amides is 1. The van der Waals surface area contributed by atoms with Crippen LogP contribution in [0.4, 0.5) is 5.69 Å². The van der Waals surface area contributed by atoms with Crippen molar-refractivity contribution >= 4 is 11.6 Å². The first-order chi connectivity index (χ1) is 14.7. The molecular weight excluding hydrogens is 374 g/mol. The van der Waals surface area contributed by atoms with Crippen LogP contribution < -0.4 is 10.1 Å². The van der Waals surface area contributed by atoms with Crippen LogP contribution in [0.2, 0.25) is 0 Å². The third-order valence-corrected chi connectivity index (χ3v) is 4.70. The zero-order valence-electron chi connectivity index (χ0n) is 16.6. The van der Waals surface area contributed by atoms with E-state index in [4.69, 9.17) is 4.74 Å². The minimum absolute atomic E-state index is 0.135. The number of aromatic nitrogens is 2. The minimum atomic E-state index is -0.135. The first kappa shape index (κ1) is 19.3. The molecule has 4 aromatic rings. The van der Waals surface area contributed by atoms with Gasteiger partial charge in [0.2, 0.25) is 0 Å². The Hall–Kier alpha value is -3.99. The average Bonchev–Trinajstić information content (AvgIpc) is 2.77. The highest BCUT2D eigenvalue weighted by Crippen LogP contribution is 2.25. The van der Waals surface area contributed by atoms with Crippen molar-refractivity contribution in [1.82, 2.24) is 9.97 Å². The van der Waals surface area contributed by atoms with E-state index in [1.165, 1.54) is 5.56 Å². The highest BCUT2D eigenvalue weighted by molar-refractivity contribution is 6.05. The van der Waals surface area contributed by atoms with Crippen molar-refractivity contribution in [1.29, 1.82) is 0 Å². The van der Waals surface area contributed by atoms with E-state index in [9.17, 15) is 4.79 Å². The van der Waals surface area contributed by atoms with E-state index in [-0.39, 0.29) is 11.9 Å². The summed E-state index contributed by atoms with van der Waals surface area (Å²) in [5.41, 5.74) is 4.44. The smallest absolute Gasteiger partial charge is 0.321 e. The lowest BCUT2D eigenvalue weighted by molar-refractivity contribution is 0.102. The predicted molar refractivity (Wildman–Crippen MR) is 117 cm³/mol. The standard InChI is InChI=1S/C25H21N3O2/c1-18-16-21(30-25-26-14-7-15-27-25)12-13-23(18)28-24(29)22-11-6-5-10-20(22)17-19-8-3-2-4-9-19/h2-16H,17H2,1H3,(H,28,29). The Kier molecular flexibility index (Phi) is 5.80. The van der Waals surface area contributed by atoms with Gasteiger partial charge in [-0.05, 0) is 60.4 Å². The fourth-order valence-electron chi connectivity index (χ4n) is 3.18. The van der Waals surface area contributed by atoms with Crippen molar-refractivity contribution in [2.24, 2.45) is 0 Å². The van der Waals surface area contributed by atoms with Crippen LogP contribution in [0.15, 0.2) is 91.3 Å². The van der Waals surface area contributed by atoms with Crippen molar-refractivity contribution in [3.63, 3.8) is 0 Å². The van der Waals surface area contributed by atoms with Gasteiger partial charge in [-0.15, -0.1) is 0 Å². The summed E-state index contributed by atoms with van der Waals surface area (Å²) in [6, 6.07) is 25.3. The molecule has 5 nitrogen and oxygen atoms in total. The van der Waals surface area contributed by atoms with E-state index in [2.05, 4.69) is 27.4 Å². The van der Waals surface area contributed by atoms with Crippen molar-refractivity contribution in [2.45, 2.75) is 13.3 Å². The maximum atomic E-state index is 13.0. The van der Waals surface area contributed by atoms with Crippen LogP contribution in [-0.2, 0) is 6.42 Å². The van der Waals surface area contributed by atoms with Crippen LogP contribution >= 0.6 is 0 Å². The second-order valence-electron chi connectivity index (χ2n) is 6.88. The Bertz CT molecular complexity index is 1150. The average molecular weight is 395 g/mol. The molecule has 0 aliphatic rings. The van der Waals surface area contributed by atoms with Gasteiger partial charge in [-0.3, -0.25) is 4.79 Å².